The number of hydrogen-bond acceptors (Lipinski definition) is 5. The molecule has 0 spiro atoms. The highest BCUT2D eigenvalue weighted by atomic mass is 16.5. The quantitative estimate of drug-likeness (QED) is 0.489. The maximum absolute atomic E-state index is 13.7. The summed E-state index contributed by atoms with van der Waals surface area (Å²) in [6.07, 6.45) is 0. The van der Waals surface area contributed by atoms with Crippen molar-refractivity contribution in [1.82, 2.24) is 20.4 Å². The van der Waals surface area contributed by atoms with E-state index in [9.17, 15) is 9.59 Å². The summed E-state index contributed by atoms with van der Waals surface area (Å²) in [5, 5.41) is 6.92. The van der Waals surface area contributed by atoms with Gasteiger partial charge in [-0.3, -0.25) is 9.69 Å². The van der Waals surface area contributed by atoms with Crippen LogP contribution in [-0.4, -0.2) is 27.0 Å². The van der Waals surface area contributed by atoms with Gasteiger partial charge in [-0.25, -0.2) is 4.79 Å². The zero-order chi connectivity index (χ0) is 22.1. The summed E-state index contributed by atoms with van der Waals surface area (Å²) in [6.45, 7) is 1.87. The number of nitrogens with one attached hydrogen (secondary N) is 1. The number of imide groups is 1. The molecule has 3 amide bonds. The molecule has 7 heteroatoms. The van der Waals surface area contributed by atoms with E-state index in [0.717, 1.165) is 16.0 Å². The van der Waals surface area contributed by atoms with E-state index in [1.165, 1.54) is 0 Å². The van der Waals surface area contributed by atoms with Crippen LogP contribution in [0.1, 0.15) is 22.6 Å². The standard InChI is InChI=1S/C25H20N4O3/c1-17-12-14-18(15-13-17)22-26-21(32-28-22)16-29-23(30)25(27-24(29)31,19-8-4-2-5-9-19)20-10-6-3-7-11-20/h2-15H,16H2,1H3,(H,27,31). The summed E-state index contributed by atoms with van der Waals surface area (Å²) in [5.74, 6) is 0.195. The molecule has 4 aromatic rings. The minimum Gasteiger partial charge on any atom is -0.337 e. The predicted octanol–water partition coefficient (Wildman–Crippen LogP) is 4.04. The molecule has 1 fully saturated rings. The second-order valence-electron chi connectivity index (χ2n) is 7.68. The van der Waals surface area contributed by atoms with E-state index < -0.39 is 17.5 Å². The number of aromatic nitrogens is 2. The first kappa shape index (κ1) is 19.7. The van der Waals surface area contributed by atoms with E-state index in [2.05, 4.69) is 15.5 Å². The van der Waals surface area contributed by atoms with Gasteiger partial charge in [-0.1, -0.05) is 95.6 Å². The number of benzene rings is 3. The van der Waals surface area contributed by atoms with Gasteiger partial charge in [0.1, 0.15) is 6.54 Å². The average Bonchev–Trinajstić information content (AvgIpc) is 3.40. The lowest BCUT2D eigenvalue weighted by molar-refractivity contribution is -0.130. The van der Waals surface area contributed by atoms with Crippen molar-refractivity contribution in [3.63, 3.8) is 0 Å². The van der Waals surface area contributed by atoms with Gasteiger partial charge < -0.3 is 9.84 Å². The number of carbonyl (C=O) groups is 2. The zero-order valence-electron chi connectivity index (χ0n) is 17.4. The minimum atomic E-state index is -1.32. The highest BCUT2D eigenvalue weighted by molar-refractivity contribution is 6.09. The molecular formula is C25H20N4O3. The molecule has 0 radical (unpaired) electrons. The Labute approximate surface area is 184 Å². The van der Waals surface area contributed by atoms with Gasteiger partial charge in [-0.15, -0.1) is 0 Å². The molecule has 1 aromatic heterocycles. The van der Waals surface area contributed by atoms with Crippen LogP contribution in [0.5, 0.6) is 0 Å². The zero-order valence-corrected chi connectivity index (χ0v) is 17.4. The highest BCUT2D eigenvalue weighted by Crippen LogP contribution is 2.36. The molecule has 5 rings (SSSR count). The Morgan fingerprint density at radius 1 is 0.875 bits per heavy atom. The molecule has 2 heterocycles. The smallest absolute Gasteiger partial charge is 0.326 e. The Morgan fingerprint density at radius 2 is 1.47 bits per heavy atom. The van der Waals surface area contributed by atoms with Crippen molar-refractivity contribution in [2.75, 3.05) is 0 Å². The van der Waals surface area contributed by atoms with Gasteiger partial charge in [0.05, 0.1) is 0 Å². The Morgan fingerprint density at radius 3 is 2.06 bits per heavy atom. The molecular weight excluding hydrogens is 404 g/mol. The number of amides is 3. The van der Waals surface area contributed by atoms with E-state index in [1.54, 1.807) is 0 Å². The second kappa shape index (κ2) is 7.77. The molecule has 7 nitrogen and oxygen atoms in total. The Kier molecular flexibility index (Phi) is 4.78. The SMILES string of the molecule is Cc1ccc(-c2noc(CN3C(=O)NC(c4ccccc4)(c4ccccc4)C3=O)n2)cc1. The van der Waals surface area contributed by atoms with E-state index >= 15 is 0 Å². The maximum Gasteiger partial charge on any atom is 0.326 e. The van der Waals surface area contributed by atoms with E-state index in [4.69, 9.17) is 4.52 Å². The van der Waals surface area contributed by atoms with Crippen LogP contribution in [0.3, 0.4) is 0 Å². The fourth-order valence-corrected chi connectivity index (χ4v) is 3.93. The van der Waals surface area contributed by atoms with Crippen molar-refractivity contribution in [3.05, 3.63) is 108 Å². The third kappa shape index (κ3) is 3.24. The average molecular weight is 424 g/mol. The minimum absolute atomic E-state index is 0.120. The summed E-state index contributed by atoms with van der Waals surface area (Å²) >= 11 is 0. The van der Waals surface area contributed by atoms with Gasteiger partial charge in [0.25, 0.3) is 5.91 Å². The van der Waals surface area contributed by atoms with E-state index in [-0.39, 0.29) is 12.4 Å². The molecule has 1 aliphatic rings. The van der Waals surface area contributed by atoms with E-state index in [1.807, 2.05) is 91.9 Å². The molecule has 32 heavy (non-hydrogen) atoms. The van der Waals surface area contributed by atoms with Gasteiger partial charge >= 0.3 is 6.03 Å². The molecule has 0 aliphatic carbocycles. The first-order chi connectivity index (χ1) is 15.6. The fraction of sp³-hybridized carbons (Fsp3) is 0.120. The molecule has 1 N–H and O–H groups in total. The summed E-state index contributed by atoms with van der Waals surface area (Å²) in [4.78, 5) is 32.2. The van der Waals surface area contributed by atoms with Crippen LogP contribution in [0.4, 0.5) is 4.79 Å². The van der Waals surface area contributed by atoms with Crippen LogP contribution >= 0.6 is 0 Å². The lowest BCUT2D eigenvalue weighted by Crippen LogP contribution is -2.45. The van der Waals surface area contributed by atoms with Crippen molar-refractivity contribution in [3.8, 4) is 11.4 Å². The lowest BCUT2D eigenvalue weighted by Gasteiger charge is -2.27. The summed E-state index contributed by atoms with van der Waals surface area (Å²) in [5.41, 5.74) is 1.95. The fourth-order valence-electron chi connectivity index (χ4n) is 3.93. The Balaban J connectivity index is 1.48. The largest absolute Gasteiger partial charge is 0.337 e. The molecule has 0 saturated carbocycles. The van der Waals surface area contributed by atoms with Crippen LogP contribution in [0.2, 0.25) is 0 Å². The number of carbonyl (C=O) groups excluding carboxylic acids is 2. The molecule has 0 atom stereocenters. The van der Waals surface area contributed by atoms with Gasteiger partial charge in [-0.05, 0) is 18.1 Å². The molecule has 0 unspecified atom stereocenters. The van der Waals surface area contributed by atoms with Crippen molar-refractivity contribution in [2.45, 2.75) is 19.0 Å². The van der Waals surface area contributed by atoms with Crippen LogP contribution in [0.15, 0.2) is 89.5 Å². The van der Waals surface area contributed by atoms with Crippen LogP contribution in [0, 0.1) is 6.92 Å². The number of rotatable bonds is 5. The monoisotopic (exact) mass is 424 g/mol. The lowest BCUT2D eigenvalue weighted by atomic mass is 9.82. The third-order valence-corrected chi connectivity index (χ3v) is 5.59. The number of aryl methyl sites for hydroxylation is 1. The summed E-state index contributed by atoms with van der Waals surface area (Å²) < 4.78 is 5.35. The van der Waals surface area contributed by atoms with Gasteiger partial charge in [0.15, 0.2) is 5.54 Å². The molecule has 3 aromatic carbocycles. The second-order valence-corrected chi connectivity index (χ2v) is 7.68. The highest BCUT2D eigenvalue weighted by Gasteiger charge is 2.54. The van der Waals surface area contributed by atoms with Crippen molar-refractivity contribution in [2.24, 2.45) is 0 Å². The first-order valence-electron chi connectivity index (χ1n) is 10.2. The number of hydrogen-bond donors (Lipinski definition) is 1. The van der Waals surface area contributed by atoms with Gasteiger partial charge in [-0.2, -0.15) is 4.98 Å². The third-order valence-electron chi connectivity index (χ3n) is 5.59. The van der Waals surface area contributed by atoms with E-state index in [0.29, 0.717) is 17.0 Å². The normalized spacial score (nSPS) is 15.1. The molecule has 1 aliphatic heterocycles. The number of urea groups is 1. The van der Waals surface area contributed by atoms with Crippen LogP contribution in [-0.2, 0) is 16.9 Å². The number of nitrogens with zero attached hydrogens (tertiary/aromatic N) is 3. The molecule has 0 bridgehead atoms. The summed E-state index contributed by atoms with van der Waals surface area (Å²) in [7, 11) is 0. The molecule has 158 valence electrons. The van der Waals surface area contributed by atoms with Gasteiger partial charge in [0, 0.05) is 5.56 Å². The van der Waals surface area contributed by atoms with Crippen LogP contribution < -0.4 is 5.32 Å². The van der Waals surface area contributed by atoms with Crippen molar-refractivity contribution in [1.29, 1.82) is 0 Å². The van der Waals surface area contributed by atoms with Crippen LogP contribution in [0.25, 0.3) is 11.4 Å². The summed E-state index contributed by atoms with van der Waals surface area (Å²) in [6, 6.07) is 25.6. The topological polar surface area (TPSA) is 88.3 Å². The predicted molar refractivity (Wildman–Crippen MR) is 117 cm³/mol. The Hall–Kier alpha value is -4.26. The maximum atomic E-state index is 13.7. The van der Waals surface area contributed by atoms with Gasteiger partial charge in [0.2, 0.25) is 11.7 Å². The first-order valence-corrected chi connectivity index (χ1v) is 10.2. The van der Waals surface area contributed by atoms with Crippen molar-refractivity contribution < 1.29 is 14.1 Å². The molecule has 1 saturated heterocycles. The van der Waals surface area contributed by atoms with Crippen molar-refractivity contribution >= 4 is 11.9 Å². The Bertz CT molecular complexity index is 1230.